The molecule has 0 saturated carbocycles. The van der Waals surface area contributed by atoms with Crippen molar-refractivity contribution in [2.45, 2.75) is 19.4 Å². The maximum absolute atomic E-state index is 13.2. The van der Waals surface area contributed by atoms with Crippen LogP contribution in [-0.2, 0) is 0 Å². The molecule has 1 aromatic rings. The average Bonchev–Trinajstić information content (AvgIpc) is 2.15. The molecule has 0 amide bonds. The number of likely N-dealkylation sites (N-methyl/N-ethyl adjacent to an activating group) is 1. The minimum atomic E-state index is -0.341. The zero-order chi connectivity index (χ0) is 12.3. The van der Waals surface area contributed by atoms with E-state index in [0.717, 1.165) is 0 Å². The SMILES string of the molecule is COc1ccc(F)cc1N(C)CC(C)(C)N. The molecule has 0 unspecified atom stereocenters. The Kier molecular flexibility index (Phi) is 3.75. The summed E-state index contributed by atoms with van der Waals surface area (Å²) >= 11 is 0. The molecule has 0 atom stereocenters. The minimum absolute atomic E-state index is 0.280. The van der Waals surface area contributed by atoms with Crippen molar-refractivity contribution in [1.29, 1.82) is 0 Å². The van der Waals surface area contributed by atoms with Crippen molar-refractivity contribution in [3.63, 3.8) is 0 Å². The summed E-state index contributed by atoms with van der Waals surface area (Å²) in [5.41, 5.74) is 6.30. The van der Waals surface area contributed by atoms with Crippen LogP contribution in [-0.4, -0.2) is 26.2 Å². The van der Waals surface area contributed by atoms with Crippen LogP contribution in [0.15, 0.2) is 18.2 Å². The monoisotopic (exact) mass is 226 g/mol. The highest BCUT2D eigenvalue weighted by Gasteiger charge is 2.17. The Balaban J connectivity index is 2.97. The number of ether oxygens (including phenoxy) is 1. The third kappa shape index (κ3) is 3.38. The first-order valence-corrected chi connectivity index (χ1v) is 5.17. The molecule has 0 aromatic heterocycles. The van der Waals surface area contributed by atoms with Crippen LogP contribution in [0.2, 0.25) is 0 Å². The number of hydrogen-bond acceptors (Lipinski definition) is 3. The Labute approximate surface area is 96.0 Å². The molecule has 0 radical (unpaired) electrons. The second kappa shape index (κ2) is 4.70. The molecule has 2 N–H and O–H groups in total. The predicted octanol–water partition coefficient (Wildman–Crippen LogP) is 2.01. The van der Waals surface area contributed by atoms with Crippen LogP contribution in [0, 0.1) is 5.82 Å². The predicted molar refractivity (Wildman–Crippen MR) is 64.5 cm³/mol. The first kappa shape index (κ1) is 12.8. The van der Waals surface area contributed by atoms with Crippen LogP contribution in [0.1, 0.15) is 13.8 Å². The fourth-order valence-corrected chi connectivity index (χ4v) is 1.66. The summed E-state index contributed by atoms with van der Waals surface area (Å²) in [6, 6.07) is 4.44. The number of rotatable bonds is 4. The van der Waals surface area contributed by atoms with E-state index in [-0.39, 0.29) is 11.4 Å². The highest BCUT2D eigenvalue weighted by atomic mass is 19.1. The van der Waals surface area contributed by atoms with Gasteiger partial charge in [0.25, 0.3) is 0 Å². The minimum Gasteiger partial charge on any atom is -0.495 e. The summed E-state index contributed by atoms with van der Waals surface area (Å²) in [6.07, 6.45) is 0. The van der Waals surface area contributed by atoms with Gasteiger partial charge in [0.05, 0.1) is 12.8 Å². The van der Waals surface area contributed by atoms with Gasteiger partial charge in [0.15, 0.2) is 0 Å². The van der Waals surface area contributed by atoms with E-state index in [1.807, 2.05) is 25.8 Å². The molecule has 0 fully saturated rings. The number of hydrogen-bond donors (Lipinski definition) is 1. The maximum Gasteiger partial charge on any atom is 0.142 e. The number of nitrogens with two attached hydrogens (primary N) is 1. The third-order valence-electron chi connectivity index (χ3n) is 2.20. The molecule has 1 aromatic carbocycles. The van der Waals surface area contributed by atoms with Gasteiger partial charge in [0.2, 0.25) is 0 Å². The van der Waals surface area contributed by atoms with Crippen LogP contribution < -0.4 is 15.4 Å². The molecule has 0 aliphatic rings. The van der Waals surface area contributed by atoms with Crippen molar-refractivity contribution in [3.05, 3.63) is 24.0 Å². The normalized spacial score (nSPS) is 11.4. The Morgan fingerprint density at radius 1 is 1.44 bits per heavy atom. The van der Waals surface area contributed by atoms with Crippen molar-refractivity contribution < 1.29 is 9.13 Å². The fourth-order valence-electron chi connectivity index (χ4n) is 1.66. The lowest BCUT2D eigenvalue weighted by Crippen LogP contribution is -2.44. The molecule has 0 aliphatic heterocycles. The number of halogens is 1. The fraction of sp³-hybridized carbons (Fsp3) is 0.500. The highest BCUT2D eigenvalue weighted by Crippen LogP contribution is 2.28. The van der Waals surface area contributed by atoms with E-state index in [1.165, 1.54) is 12.1 Å². The first-order valence-electron chi connectivity index (χ1n) is 5.17. The average molecular weight is 226 g/mol. The lowest BCUT2D eigenvalue weighted by atomic mass is 10.1. The van der Waals surface area contributed by atoms with Gasteiger partial charge in [-0.25, -0.2) is 4.39 Å². The van der Waals surface area contributed by atoms with E-state index in [9.17, 15) is 4.39 Å². The summed E-state index contributed by atoms with van der Waals surface area (Å²) in [5.74, 6) is 0.366. The second-order valence-electron chi connectivity index (χ2n) is 4.66. The molecule has 16 heavy (non-hydrogen) atoms. The Morgan fingerprint density at radius 3 is 2.56 bits per heavy atom. The van der Waals surface area contributed by atoms with Crippen molar-refractivity contribution in [2.75, 3.05) is 25.6 Å². The number of benzene rings is 1. The highest BCUT2D eigenvalue weighted by molar-refractivity contribution is 5.58. The smallest absolute Gasteiger partial charge is 0.142 e. The summed E-state index contributed by atoms with van der Waals surface area (Å²) in [4.78, 5) is 1.89. The van der Waals surface area contributed by atoms with Crippen molar-refractivity contribution >= 4 is 5.69 Å². The summed E-state index contributed by atoms with van der Waals surface area (Å²) in [7, 11) is 3.43. The topological polar surface area (TPSA) is 38.5 Å². The molecule has 4 heteroatoms. The van der Waals surface area contributed by atoms with Crippen LogP contribution >= 0.6 is 0 Å². The Bertz CT molecular complexity index is 361. The lowest BCUT2D eigenvalue weighted by Gasteiger charge is -2.29. The molecule has 0 heterocycles. The van der Waals surface area contributed by atoms with Gasteiger partial charge in [0, 0.05) is 25.2 Å². The van der Waals surface area contributed by atoms with Gasteiger partial charge in [-0.05, 0) is 26.0 Å². The van der Waals surface area contributed by atoms with Crippen LogP contribution in [0.3, 0.4) is 0 Å². The van der Waals surface area contributed by atoms with E-state index in [0.29, 0.717) is 18.0 Å². The third-order valence-corrected chi connectivity index (χ3v) is 2.20. The molecular formula is C12H19FN2O. The summed E-state index contributed by atoms with van der Waals surface area (Å²) in [6.45, 7) is 4.47. The number of methoxy groups -OCH3 is 1. The first-order chi connectivity index (χ1) is 7.33. The van der Waals surface area contributed by atoms with Gasteiger partial charge in [0.1, 0.15) is 11.6 Å². The van der Waals surface area contributed by atoms with Crippen LogP contribution in [0.25, 0.3) is 0 Å². The van der Waals surface area contributed by atoms with Gasteiger partial charge in [-0.3, -0.25) is 0 Å². The lowest BCUT2D eigenvalue weighted by molar-refractivity contribution is 0.412. The molecule has 0 saturated heterocycles. The Hall–Kier alpha value is -1.29. The van der Waals surface area contributed by atoms with Crippen LogP contribution in [0.4, 0.5) is 10.1 Å². The number of nitrogens with zero attached hydrogens (tertiary/aromatic N) is 1. The van der Waals surface area contributed by atoms with Crippen molar-refractivity contribution in [1.82, 2.24) is 0 Å². The standard InChI is InChI=1S/C12H19FN2O/c1-12(2,14)8-15(3)10-7-9(13)5-6-11(10)16-4/h5-7H,8,14H2,1-4H3. The van der Waals surface area contributed by atoms with Gasteiger partial charge in [-0.2, -0.15) is 0 Å². The van der Waals surface area contributed by atoms with Crippen LogP contribution in [0.5, 0.6) is 5.75 Å². The van der Waals surface area contributed by atoms with Gasteiger partial charge in [-0.15, -0.1) is 0 Å². The molecule has 0 bridgehead atoms. The van der Waals surface area contributed by atoms with Gasteiger partial charge in [-0.1, -0.05) is 0 Å². The quantitative estimate of drug-likeness (QED) is 0.853. The van der Waals surface area contributed by atoms with Gasteiger partial charge >= 0.3 is 0 Å². The molecular weight excluding hydrogens is 207 g/mol. The summed E-state index contributed by atoms with van der Waals surface area (Å²) < 4.78 is 18.4. The molecule has 3 nitrogen and oxygen atoms in total. The van der Waals surface area contributed by atoms with E-state index < -0.39 is 0 Å². The maximum atomic E-state index is 13.2. The zero-order valence-corrected chi connectivity index (χ0v) is 10.2. The Morgan fingerprint density at radius 2 is 2.06 bits per heavy atom. The van der Waals surface area contributed by atoms with E-state index >= 15 is 0 Å². The summed E-state index contributed by atoms with van der Waals surface area (Å²) in [5, 5.41) is 0. The van der Waals surface area contributed by atoms with E-state index in [4.69, 9.17) is 10.5 Å². The van der Waals surface area contributed by atoms with E-state index in [1.54, 1.807) is 13.2 Å². The van der Waals surface area contributed by atoms with E-state index in [2.05, 4.69) is 0 Å². The molecule has 0 spiro atoms. The van der Waals surface area contributed by atoms with Crippen molar-refractivity contribution in [2.24, 2.45) is 5.73 Å². The van der Waals surface area contributed by atoms with Crippen molar-refractivity contribution in [3.8, 4) is 5.75 Å². The largest absolute Gasteiger partial charge is 0.495 e. The molecule has 0 aliphatic carbocycles. The molecule has 1 rings (SSSR count). The number of anilines is 1. The second-order valence-corrected chi connectivity index (χ2v) is 4.66. The molecule has 90 valence electrons. The van der Waals surface area contributed by atoms with Gasteiger partial charge < -0.3 is 15.4 Å². The zero-order valence-electron chi connectivity index (χ0n) is 10.2.